The molecule has 0 radical (unpaired) electrons. The molecule has 1 amide bonds. The number of carboxylic acids is 1. The van der Waals surface area contributed by atoms with Gasteiger partial charge in [0.25, 0.3) is 0 Å². The number of rotatable bonds is 1. The lowest BCUT2D eigenvalue weighted by Crippen LogP contribution is -2.48. The van der Waals surface area contributed by atoms with E-state index in [1.165, 1.54) is 17.0 Å². The molecular formula is C7H7N3O3. The fourth-order valence-electron chi connectivity index (χ4n) is 1.27. The van der Waals surface area contributed by atoms with E-state index < -0.39 is 18.0 Å². The van der Waals surface area contributed by atoms with Crippen molar-refractivity contribution in [3.8, 4) is 0 Å². The fourth-order valence-corrected chi connectivity index (χ4v) is 1.27. The Kier molecular flexibility index (Phi) is 1.54. The number of hydrogen-bond acceptors (Lipinski definition) is 3. The molecule has 0 bridgehead atoms. The molecule has 0 saturated heterocycles. The average Bonchev–Trinajstić information content (AvgIpc) is 2.51. The van der Waals surface area contributed by atoms with Gasteiger partial charge in [0.05, 0.1) is 0 Å². The highest BCUT2D eigenvalue weighted by Gasteiger charge is 2.28. The van der Waals surface area contributed by atoms with Crippen LogP contribution in [-0.4, -0.2) is 32.7 Å². The molecule has 0 aliphatic carbocycles. The van der Waals surface area contributed by atoms with E-state index in [4.69, 9.17) is 5.11 Å². The van der Waals surface area contributed by atoms with Gasteiger partial charge in [0.2, 0.25) is 0 Å². The van der Waals surface area contributed by atoms with E-state index in [-0.39, 0.29) is 6.42 Å². The van der Waals surface area contributed by atoms with Gasteiger partial charge in [-0.1, -0.05) is 0 Å². The summed E-state index contributed by atoms with van der Waals surface area (Å²) >= 11 is 0. The van der Waals surface area contributed by atoms with E-state index in [9.17, 15) is 9.59 Å². The van der Waals surface area contributed by atoms with Crippen LogP contribution in [0.25, 0.3) is 0 Å². The summed E-state index contributed by atoms with van der Waals surface area (Å²) in [6.45, 7) is 0. The Bertz CT molecular complexity index is 371. The largest absolute Gasteiger partial charge is 0.480 e. The monoisotopic (exact) mass is 181 g/mol. The summed E-state index contributed by atoms with van der Waals surface area (Å²) < 4.78 is 1.30. The Morgan fingerprint density at radius 2 is 2.54 bits per heavy atom. The maximum absolute atomic E-state index is 11.2. The second-order valence-electron chi connectivity index (χ2n) is 2.76. The smallest absolute Gasteiger partial charge is 0.327 e. The Balaban J connectivity index is 2.34. The molecule has 1 aromatic heterocycles. The molecule has 2 rings (SSSR count). The minimum Gasteiger partial charge on any atom is -0.480 e. The molecule has 1 atom stereocenters. The van der Waals surface area contributed by atoms with Crippen LogP contribution in [-0.2, 0) is 11.2 Å². The zero-order valence-electron chi connectivity index (χ0n) is 6.60. The molecule has 2 N–H and O–H groups in total. The van der Waals surface area contributed by atoms with Crippen LogP contribution in [0.1, 0.15) is 5.82 Å². The van der Waals surface area contributed by atoms with Crippen molar-refractivity contribution in [1.82, 2.24) is 14.9 Å². The van der Waals surface area contributed by atoms with Gasteiger partial charge in [0.15, 0.2) is 0 Å². The first kappa shape index (κ1) is 7.78. The van der Waals surface area contributed by atoms with Crippen molar-refractivity contribution in [2.24, 2.45) is 0 Å². The molecule has 13 heavy (non-hydrogen) atoms. The lowest BCUT2D eigenvalue weighted by Gasteiger charge is -2.20. The summed E-state index contributed by atoms with van der Waals surface area (Å²) in [6.07, 6.45) is 3.20. The molecule has 6 nitrogen and oxygen atoms in total. The highest BCUT2D eigenvalue weighted by Crippen LogP contribution is 2.07. The third-order valence-corrected chi connectivity index (χ3v) is 1.92. The number of carboxylic acid groups (broad SMARTS) is 1. The summed E-state index contributed by atoms with van der Waals surface area (Å²) in [5, 5.41) is 11.0. The molecular weight excluding hydrogens is 174 g/mol. The number of hydrogen-bond donors (Lipinski definition) is 2. The molecule has 2 heterocycles. The molecule has 0 fully saturated rings. The van der Waals surface area contributed by atoms with Gasteiger partial charge >= 0.3 is 12.0 Å². The van der Waals surface area contributed by atoms with E-state index in [0.29, 0.717) is 5.82 Å². The van der Waals surface area contributed by atoms with Crippen LogP contribution in [0.15, 0.2) is 12.4 Å². The predicted molar refractivity (Wildman–Crippen MR) is 41.3 cm³/mol. The molecule has 1 aliphatic rings. The van der Waals surface area contributed by atoms with E-state index in [1.807, 2.05) is 0 Å². The lowest BCUT2D eigenvalue weighted by atomic mass is 10.2. The summed E-state index contributed by atoms with van der Waals surface area (Å²) in [5.74, 6) is -0.557. The van der Waals surface area contributed by atoms with Crippen molar-refractivity contribution < 1.29 is 14.7 Å². The normalized spacial score (nSPS) is 20.6. The minimum atomic E-state index is -1.04. The van der Waals surface area contributed by atoms with Crippen molar-refractivity contribution in [2.75, 3.05) is 0 Å². The van der Waals surface area contributed by atoms with Gasteiger partial charge in [-0.05, 0) is 0 Å². The number of aliphatic carboxylic acids is 1. The van der Waals surface area contributed by atoms with Crippen LogP contribution in [0.3, 0.4) is 0 Å². The summed E-state index contributed by atoms with van der Waals surface area (Å²) in [5.41, 5.74) is 0. The Morgan fingerprint density at radius 1 is 1.77 bits per heavy atom. The van der Waals surface area contributed by atoms with Crippen molar-refractivity contribution in [2.45, 2.75) is 12.5 Å². The second kappa shape index (κ2) is 2.58. The number of nitrogens with one attached hydrogen (secondary N) is 1. The van der Waals surface area contributed by atoms with Crippen LogP contribution < -0.4 is 5.32 Å². The molecule has 0 aromatic carbocycles. The van der Waals surface area contributed by atoms with Crippen molar-refractivity contribution >= 4 is 12.0 Å². The van der Waals surface area contributed by atoms with E-state index >= 15 is 0 Å². The van der Waals surface area contributed by atoms with Gasteiger partial charge in [-0.3, -0.25) is 4.57 Å². The van der Waals surface area contributed by atoms with Crippen molar-refractivity contribution in [3.63, 3.8) is 0 Å². The summed E-state index contributed by atoms with van der Waals surface area (Å²) in [6, 6.07) is -1.30. The molecule has 1 unspecified atom stereocenters. The van der Waals surface area contributed by atoms with Crippen LogP contribution >= 0.6 is 0 Å². The number of fused-ring (bicyclic) bond motifs is 1. The quantitative estimate of drug-likeness (QED) is 0.608. The fraction of sp³-hybridized carbons (Fsp3) is 0.286. The van der Waals surface area contributed by atoms with Crippen LogP contribution in [0.2, 0.25) is 0 Å². The number of imidazole rings is 1. The summed E-state index contributed by atoms with van der Waals surface area (Å²) in [7, 11) is 0. The number of amides is 1. The van der Waals surface area contributed by atoms with Gasteiger partial charge < -0.3 is 10.4 Å². The Hall–Kier alpha value is -1.85. The molecule has 0 spiro atoms. The second-order valence-corrected chi connectivity index (χ2v) is 2.76. The topological polar surface area (TPSA) is 84.2 Å². The summed E-state index contributed by atoms with van der Waals surface area (Å²) in [4.78, 5) is 25.7. The number of carbonyl (C=O) groups excluding carboxylic acids is 1. The third-order valence-electron chi connectivity index (χ3n) is 1.92. The first-order chi connectivity index (χ1) is 6.18. The van der Waals surface area contributed by atoms with Gasteiger partial charge in [0, 0.05) is 18.8 Å². The number of aromatic nitrogens is 2. The van der Waals surface area contributed by atoms with Crippen LogP contribution in [0, 0.1) is 0 Å². The average molecular weight is 181 g/mol. The minimum absolute atomic E-state index is 0.230. The van der Waals surface area contributed by atoms with Gasteiger partial charge in [0.1, 0.15) is 11.9 Å². The molecule has 1 aliphatic heterocycles. The number of carbonyl (C=O) groups is 2. The van der Waals surface area contributed by atoms with Crippen LogP contribution in [0.5, 0.6) is 0 Å². The highest BCUT2D eigenvalue weighted by atomic mass is 16.4. The van der Waals surface area contributed by atoms with Gasteiger partial charge in [-0.2, -0.15) is 0 Å². The zero-order chi connectivity index (χ0) is 9.42. The van der Waals surface area contributed by atoms with E-state index in [2.05, 4.69) is 10.3 Å². The van der Waals surface area contributed by atoms with Gasteiger partial charge in [-0.25, -0.2) is 14.6 Å². The Labute approximate surface area is 73.2 Å². The Morgan fingerprint density at radius 3 is 3.23 bits per heavy atom. The predicted octanol–water partition coefficient (Wildman–Crippen LogP) is -0.550. The maximum atomic E-state index is 11.2. The third kappa shape index (κ3) is 1.16. The van der Waals surface area contributed by atoms with Gasteiger partial charge in [-0.15, -0.1) is 0 Å². The van der Waals surface area contributed by atoms with E-state index in [1.54, 1.807) is 0 Å². The zero-order valence-corrected chi connectivity index (χ0v) is 6.60. The van der Waals surface area contributed by atoms with Crippen molar-refractivity contribution in [3.05, 3.63) is 18.2 Å². The molecule has 1 aromatic rings. The molecule has 6 heteroatoms. The number of nitrogens with zero attached hydrogens (tertiary/aromatic N) is 2. The molecule has 0 saturated carbocycles. The van der Waals surface area contributed by atoms with E-state index in [0.717, 1.165) is 0 Å². The van der Waals surface area contributed by atoms with Crippen molar-refractivity contribution in [1.29, 1.82) is 0 Å². The maximum Gasteiger partial charge on any atom is 0.327 e. The first-order valence-electron chi connectivity index (χ1n) is 3.74. The first-order valence-corrected chi connectivity index (χ1v) is 3.74. The highest BCUT2D eigenvalue weighted by molar-refractivity contribution is 5.86. The SMILES string of the molecule is O=C(O)C1Cc2nccn2C(=O)N1. The van der Waals surface area contributed by atoms with Crippen LogP contribution in [0.4, 0.5) is 4.79 Å². The standard InChI is InChI=1S/C7H7N3O3/c11-6(12)4-3-5-8-1-2-10(5)7(13)9-4/h1-2,4H,3H2,(H,9,13)(H,11,12). The molecule has 68 valence electrons. The lowest BCUT2D eigenvalue weighted by molar-refractivity contribution is -0.139.